The van der Waals surface area contributed by atoms with E-state index in [-0.39, 0.29) is 17.0 Å². The summed E-state index contributed by atoms with van der Waals surface area (Å²) in [4.78, 5) is 0. The highest BCUT2D eigenvalue weighted by atomic mass is 19.1. The molecule has 94 valence electrons. The van der Waals surface area contributed by atoms with Gasteiger partial charge < -0.3 is 15.6 Å². The Labute approximate surface area is 100 Å². The van der Waals surface area contributed by atoms with E-state index in [0.717, 1.165) is 24.8 Å². The second-order valence-electron chi connectivity index (χ2n) is 4.91. The highest BCUT2D eigenvalue weighted by Crippen LogP contribution is 2.39. The lowest BCUT2D eigenvalue weighted by molar-refractivity contribution is 0.357. The van der Waals surface area contributed by atoms with E-state index in [1.807, 2.05) is 0 Å². The van der Waals surface area contributed by atoms with Crippen molar-refractivity contribution in [1.82, 2.24) is 0 Å². The Morgan fingerprint density at radius 2 is 2.18 bits per heavy atom. The zero-order valence-corrected chi connectivity index (χ0v) is 10.2. The summed E-state index contributed by atoms with van der Waals surface area (Å²) in [5, 5.41) is 9.50. The molecular formula is C13H18FNO2. The Hall–Kier alpha value is -1.29. The van der Waals surface area contributed by atoms with Crippen molar-refractivity contribution in [3.8, 4) is 11.5 Å². The monoisotopic (exact) mass is 239 g/mol. The van der Waals surface area contributed by atoms with Crippen LogP contribution in [-0.2, 0) is 6.42 Å². The molecule has 0 amide bonds. The fourth-order valence-electron chi connectivity index (χ4n) is 2.02. The normalized spacial score (nSPS) is 16.9. The van der Waals surface area contributed by atoms with Crippen LogP contribution in [0.3, 0.4) is 0 Å². The summed E-state index contributed by atoms with van der Waals surface area (Å²) in [6, 6.07) is 1.77. The topological polar surface area (TPSA) is 55.5 Å². The lowest BCUT2D eigenvalue weighted by Gasteiger charge is -2.14. The third-order valence-electron chi connectivity index (χ3n) is 3.45. The number of phenolic OH excluding ortho intramolecular Hbond substituents is 1. The molecule has 0 radical (unpaired) electrons. The molecule has 17 heavy (non-hydrogen) atoms. The first-order valence-electron chi connectivity index (χ1n) is 5.81. The van der Waals surface area contributed by atoms with Crippen molar-refractivity contribution in [1.29, 1.82) is 0 Å². The number of rotatable bonds is 4. The molecule has 0 spiro atoms. The van der Waals surface area contributed by atoms with Gasteiger partial charge in [-0.1, -0.05) is 0 Å². The Bertz CT molecular complexity index is 442. The molecule has 1 aliphatic rings. The predicted molar refractivity (Wildman–Crippen MR) is 63.8 cm³/mol. The number of phenols is 1. The number of benzene rings is 1. The molecule has 1 aromatic rings. The van der Waals surface area contributed by atoms with E-state index in [4.69, 9.17) is 10.5 Å². The van der Waals surface area contributed by atoms with Crippen LogP contribution in [0.15, 0.2) is 6.07 Å². The first kappa shape index (κ1) is 12.2. The van der Waals surface area contributed by atoms with Gasteiger partial charge in [-0.3, -0.25) is 0 Å². The average molecular weight is 239 g/mol. The Kier molecular flexibility index (Phi) is 3.00. The Morgan fingerprint density at radius 3 is 2.71 bits per heavy atom. The molecule has 3 N–H and O–H groups in total. The smallest absolute Gasteiger partial charge is 0.207 e. The fourth-order valence-corrected chi connectivity index (χ4v) is 2.02. The minimum Gasteiger partial charge on any atom is -0.505 e. The van der Waals surface area contributed by atoms with Crippen LogP contribution in [0.5, 0.6) is 11.5 Å². The number of hydrogen-bond donors (Lipinski definition) is 2. The van der Waals surface area contributed by atoms with E-state index in [1.54, 1.807) is 13.0 Å². The zero-order chi connectivity index (χ0) is 12.6. The summed E-state index contributed by atoms with van der Waals surface area (Å²) >= 11 is 0. The van der Waals surface area contributed by atoms with Crippen LogP contribution in [0.2, 0.25) is 0 Å². The van der Waals surface area contributed by atoms with Crippen LogP contribution in [-0.4, -0.2) is 17.8 Å². The van der Waals surface area contributed by atoms with E-state index in [2.05, 4.69) is 0 Å². The lowest BCUT2D eigenvalue weighted by atomic mass is 10.0. The van der Waals surface area contributed by atoms with Crippen LogP contribution >= 0.6 is 0 Å². The third-order valence-corrected chi connectivity index (χ3v) is 3.45. The zero-order valence-electron chi connectivity index (χ0n) is 10.2. The Balaban J connectivity index is 2.25. The van der Waals surface area contributed by atoms with Gasteiger partial charge in [-0.05, 0) is 49.8 Å². The van der Waals surface area contributed by atoms with E-state index in [1.165, 1.54) is 7.11 Å². The van der Waals surface area contributed by atoms with Gasteiger partial charge in [-0.25, -0.2) is 0 Å². The maximum Gasteiger partial charge on any atom is 0.207 e. The fraction of sp³-hybridized carbons (Fsp3) is 0.538. The SMILES string of the molecule is COc1c(CCC2(N)CC2)cc(C)c(O)c1F. The summed E-state index contributed by atoms with van der Waals surface area (Å²) in [6.45, 7) is 1.68. The molecule has 0 atom stereocenters. The number of halogens is 1. The minimum atomic E-state index is -0.677. The van der Waals surface area contributed by atoms with Crippen molar-refractivity contribution in [2.75, 3.05) is 7.11 Å². The number of aryl methyl sites for hydroxylation is 2. The molecule has 3 nitrogen and oxygen atoms in total. The van der Waals surface area contributed by atoms with E-state index in [9.17, 15) is 9.50 Å². The summed E-state index contributed by atoms with van der Waals surface area (Å²) in [5.41, 5.74) is 7.25. The highest BCUT2D eigenvalue weighted by molar-refractivity contribution is 5.47. The summed E-state index contributed by atoms with van der Waals surface area (Å²) in [5.74, 6) is -0.874. The molecular weight excluding hydrogens is 221 g/mol. The maximum atomic E-state index is 13.8. The van der Waals surface area contributed by atoms with Crippen LogP contribution in [0, 0.1) is 12.7 Å². The molecule has 2 rings (SSSR count). The molecule has 0 heterocycles. The number of hydrogen-bond acceptors (Lipinski definition) is 3. The molecule has 0 bridgehead atoms. The quantitative estimate of drug-likeness (QED) is 0.847. The van der Waals surface area contributed by atoms with Gasteiger partial charge in [-0.15, -0.1) is 0 Å². The van der Waals surface area contributed by atoms with E-state index < -0.39 is 5.82 Å². The third kappa shape index (κ3) is 2.36. The van der Waals surface area contributed by atoms with Crippen molar-refractivity contribution in [2.45, 2.75) is 38.1 Å². The van der Waals surface area contributed by atoms with Gasteiger partial charge in [0.25, 0.3) is 0 Å². The van der Waals surface area contributed by atoms with E-state index >= 15 is 0 Å². The van der Waals surface area contributed by atoms with E-state index in [0.29, 0.717) is 12.0 Å². The largest absolute Gasteiger partial charge is 0.505 e. The van der Waals surface area contributed by atoms with Gasteiger partial charge in [0.1, 0.15) is 0 Å². The number of methoxy groups -OCH3 is 1. The second-order valence-corrected chi connectivity index (χ2v) is 4.91. The second kappa shape index (κ2) is 4.18. The van der Waals surface area contributed by atoms with Gasteiger partial charge in [0.15, 0.2) is 11.5 Å². The van der Waals surface area contributed by atoms with Gasteiger partial charge >= 0.3 is 0 Å². The van der Waals surface area contributed by atoms with Gasteiger partial charge in [0.2, 0.25) is 5.82 Å². The van der Waals surface area contributed by atoms with Crippen molar-refractivity contribution in [3.05, 3.63) is 23.0 Å². The average Bonchev–Trinajstić information content (AvgIpc) is 3.02. The molecule has 0 aliphatic heterocycles. The molecule has 1 aliphatic carbocycles. The summed E-state index contributed by atoms with van der Waals surface area (Å²) in [7, 11) is 1.41. The molecule has 1 fully saturated rings. The summed E-state index contributed by atoms with van der Waals surface area (Å²) in [6.07, 6.45) is 3.58. The van der Waals surface area contributed by atoms with Crippen molar-refractivity contribution in [2.24, 2.45) is 5.73 Å². The van der Waals surface area contributed by atoms with Crippen molar-refractivity contribution >= 4 is 0 Å². The standard InChI is InChI=1S/C13H18FNO2/c1-8-7-9(3-4-13(15)5-6-13)12(17-2)10(14)11(8)16/h7,16H,3-6,15H2,1-2H3. The molecule has 0 aromatic heterocycles. The summed E-state index contributed by atoms with van der Waals surface area (Å²) < 4.78 is 18.8. The minimum absolute atomic E-state index is 0.0622. The number of ether oxygens (including phenoxy) is 1. The number of nitrogens with two attached hydrogens (primary N) is 1. The van der Waals surface area contributed by atoms with Crippen LogP contribution < -0.4 is 10.5 Å². The lowest BCUT2D eigenvalue weighted by Crippen LogP contribution is -2.22. The molecule has 1 saturated carbocycles. The van der Waals surface area contributed by atoms with Gasteiger partial charge in [0.05, 0.1) is 7.11 Å². The van der Waals surface area contributed by atoms with Gasteiger partial charge in [0, 0.05) is 5.54 Å². The van der Waals surface area contributed by atoms with Crippen LogP contribution in [0.4, 0.5) is 4.39 Å². The first-order chi connectivity index (χ1) is 7.97. The van der Waals surface area contributed by atoms with Crippen molar-refractivity contribution < 1.29 is 14.2 Å². The number of aromatic hydroxyl groups is 1. The highest BCUT2D eigenvalue weighted by Gasteiger charge is 2.37. The first-order valence-corrected chi connectivity index (χ1v) is 5.81. The molecule has 0 unspecified atom stereocenters. The predicted octanol–water partition coefficient (Wildman–Crippen LogP) is 2.27. The van der Waals surface area contributed by atoms with Gasteiger partial charge in [-0.2, -0.15) is 4.39 Å². The molecule has 4 heteroatoms. The van der Waals surface area contributed by atoms with Crippen molar-refractivity contribution in [3.63, 3.8) is 0 Å². The molecule has 0 saturated heterocycles. The Morgan fingerprint density at radius 1 is 1.53 bits per heavy atom. The molecule has 1 aromatic carbocycles. The van der Waals surface area contributed by atoms with Crippen LogP contribution in [0.25, 0.3) is 0 Å². The maximum absolute atomic E-state index is 13.8. The van der Waals surface area contributed by atoms with Crippen LogP contribution in [0.1, 0.15) is 30.4 Å².